The molecular weight excluding hydrogens is 202 g/mol. The van der Waals surface area contributed by atoms with Crippen molar-refractivity contribution < 1.29 is 23.9 Å². The van der Waals surface area contributed by atoms with Gasteiger partial charge < -0.3 is 15.2 Å². The Bertz CT molecular complexity index is 256. The molecule has 0 saturated heterocycles. The molecule has 6 nitrogen and oxygen atoms in total. The zero-order valence-electron chi connectivity index (χ0n) is 9.03. The second-order valence-electron chi connectivity index (χ2n) is 2.81. The van der Waals surface area contributed by atoms with Crippen LogP contribution in [0, 0.1) is 0 Å². The largest absolute Gasteiger partial charge is 0.464 e. The number of hydrogen-bond acceptors (Lipinski definition) is 6. The van der Waals surface area contributed by atoms with E-state index in [9.17, 15) is 14.4 Å². The van der Waals surface area contributed by atoms with Crippen LogP contribution in [0.5, 0.6) is 0 Å². The lowest BCUT2D eigenvalue weighted by Gasteiger charge is -2.21. The lowest BCUT2D eigenvalue weighted by molar-refractivity contribution is -0.166. The molecule has 86 valence electrons. The molecule has 0 aromatic heterocycles. The van der Waals surface area contributed by atoms with Crippen molar-refractivity contribution in [3.8, 4) is 0 Å². The van der Waals surface area contributed by atoms with Crippen molar-refractivity contribution in [1.82, 2.24) is 0 Å². The van der Waals surface area contributed by atoms with Gasteiger partial charge in [0.1, 0.15) is 0 Å². The lowest BCUT2D eigenvalue weighted by Crippen LogP contribution is -2.61. The second-order valence-corrected chi connectivity index (χ2v) is 2.81. The van der Waals surface area contributed by atoms with Crippen LogP contribution in [0.4, 0.5) is 0 Å². The van der Waals surface area contributed by atoms with Crippen molar-refractivity contribution in [3.63, 3.8) is 0 Å². The molecule has 0 radical (unpaired) electrons. The third-order valence-corrected chi connectivity index (χ3v) is 1.75. The molecule has 0 saturated carbocycles. The van der Waals surface area contributed by atoms with Gasteiger partial charge in [0.25, 0.3) is 5.54 Å². The van der Waals surface area contributed by atoms with Crippen LogP contribution in [0.3, 0.4) is 0 Å². The predicted molar refractivity (Wildman–Crippen MR) is 50.9 cm³/mol. The Morgan fingerprint density at radius 3 is 1.60 bits per heavy atom. The average Bonchev–Trinajstić information content (AvgIpc) is 2.16. The Hall–Kier alpha value is -1.43. The van der Waals surface area contributed by atoms with Crippen LogP contribution < -0.4 is 5.73 Å². The summed E-state index contributed by atoms with van der Waals surface area (Å²) in [7, 11) is 0. The smallest absolute Gasteiger partial charge is 0.345 e. The third kappa shape index (κ3) is 2.76. The molecule has 0 fully saturated rings. The number of carbonyl (C=O) groups is 3. The van der Waals surface area contributed by atoms with Gasteiger partial charge in [0.05, 0.1) is 13.2 Å². The number of hydrogen-bond donors (Lipinski definition) is 1. The summed E-state index contributed by atoms with van der Waals surface area (Å²) < 4.78 is 9.10. The van der Waals surface area contributed by atoms with Gasteiger partial charge in [0.15, 0.2) is 5.78 Å². The number of esters is 2. The monoisotopic (exact) mass is 217 g/mol. The van der Waals surface area contributed by atoms with Gasteiger partial charge in [0.2, 0.25) is 0 Å². The molecule has 0 spiro atoms. The number of rotatable bonds is 5. The van der Waals surface area contributed by atoms with Gasteiger partial charge in [-0.1, -0.05) is 0 Å². The van der Waals surface area contributed by atoms with Crippen LogP contribution >= 0.6 is 0 Å². The molecule has 0 atom stereocenters. The van der Waals surface area contributed by atoms with Gasteiger partial charge in [-0.2, -0.15) is 0 Å². The van der Waals surface area contributed by atoms with Crippen molar-refractivity contribution in [2.24, 2.45) is 5.73 Å². The maximum atomic E-state index is 11.4. The van der Waals surface area contributed by atoms with E-state index in [0.717, 1.165) is 6.92 Å². The van der Waals surface area contributed by atoms with E-state index in [0.29, 0.717) is 0 Å². The fourth-order valence-electron chi connectivity index (χ4n) is 0.861. The summed E-state index contributed by atoms with van der Waals surface area (Å²) in [5.74, 6) is -2.98. The molecule has 0 aliphatic rings. The quantitative estimate of drug-likeness (QED) is 0.488. The van der Waals surface area contributed by atoms with Crippen LogP contribution in [0.2, 0.25) is 0 Å². The summed E-state index contributed by atoms with van der Waals surface area (Å²) in [4.78, 5) is 33.9. The van der Waals surface area contributed by atoms with E-state index < -0.39 is 23.3 Å². The van der Waals surface area contributed by atoms with Crippen molar-refractivity contribution in [2.75, 3.05) is 13.2 Å². The van der Waals surface area contributed by atoms with Crippen LogP contribution in [0.15, 0.2) is 0 Å². The summed E-state index contributed by atoms with van der Waals surface area (Å²) in [6.45, 7) is 4.19. The van der Waals surface area contributed by atoms with E-state index in [2.05, 4.69) is 9.47 Å². The summed E-state index contributed by atoms with van der Waals surface area (Å²) in [5, 5.41) is 0. The number of ketones is 1. The lowest BCUT2D eigenvalue weighted by atomic mass is 9.96. The summed E-state index contributed by atoms with van der Waals surface area (Å²) in [6.07, 6.45) is 0. The van der Waals surface area contributed by atoms with Crippen molar-refractivity contribution >= 4 is 17.7 Å². The van der Waals surface area contributed by atoms with E-state index in [1.54, 1.807) is 13.8 Å². The van der Waals surface area contributed by atoms with Crippen molar-refractivity contribution in [3.05, 3.63) is 0 Å². The van der Waals surface area contributed by atoms with Crippen LogP contribution in [-0.4, -0.2) is 36.5 Å². The zero-order valence-corrected chi connectivity index (χ0v) is 9.03. The molecule has 0 unspecified atom stereocenters. The van der Waals surface area contributed by atoms with Crippen LogP contribution in [-0.2, 0) is 23.9 Å². The van der Waals surface area contributed by atoms with E-state index >= 15 is 0 Å². The highest BCUT2D eigenvalue weighted by atomic mass is 16.6. The maximum absolute atomic E-state index is 11.4. The van der Waals surface area contributed by atoms with Crippen molar-refractivity contribution in [2.45, 2.75) is 26.3 Å². The molecule has 2 N–H and O–H groups in total. The minimum atomic E-state index is -2.34. The van der Waals surface area contributed by atoms with Crippen LogP contribution in [0.1, 0.15) is 20.8 Å². The molecule has 15 heavy (non-hydrogen) atoms. The third-order valence-electron chi connectivity index (χ3n) is 1.75. The SMILES string of the molecule is CCOC(=O)C(N)(C(C)=O)C(=O)OCC. The first kappa shape index (κ1) is 13.6. The van der Waals surface area contributed by atoms with Gasteiger partial charge in [-0.25, -0.2) is 9.59 Å². The van der Waals surface area contributed by atoms with Gasteiger partial charge in [-0.15, -0.1) is 0 Å². The molecule has 0 rings (SSSR count). The number of ether oxygens (including phenoxy) is 2. The Labute approximate surface area is 87.7 Å². The van der Waals surface area contributed by atoms with E-state index in [1.165, 1.54) is 0 Å². The maximum Gasteiger partial charge on any atom is 0.345 e. The minimum absolute atomic E-state index is 0.0322. The van der Waals surface area contributed by atoms with Crippen LogP contribution in [0.25, 0.3) is 0 Å². The molecule has 0 bridgehead atoms. The van der Waals surface area contributed by atoms with E-state index in [1.807, 2.05) is 0 Å². The highest BCUT2D eigenvalue weighted by molar-refractivity contribution is 6.24. The molecule has 0 aromatic carbocycles. The Balaban J connectivity index is 4.97. The Morgan fingerprint density at radius 2 is 1.40 bits per heavy atom. The number of carbonyl (C=O) groups excluding carboxylic acids is 3. The molecular formula is C9H15NO5. The average molecular weight is 217 g/mol. The van der Waals surface area contributed by atoms with Crippen molar-refractivity contribution in [1.29, 1.82) is 0 Å². The topological polar surface area (TPSA) is 95.7 Å². The molecule has 0 heterocycles. The molecule has 0 amide bonds. The molecule has 0 aliphatic heterocycles. The first-order valence-electron chi connectivity index (χ1n) is 4.55. The van der Waals surface area contributed by atoms with E-state index in [-0.39, 0.29) is 13.2 Å². The number of nitrogens with two attached hydrogens (primary N) is 1. The first-order valence-corrected chi connectivity index (χ1v) is 4.55. The van der Waals surface area contributed by atoms with E-state index in [4.69, 9.17) is 5.73 Å². The number of Topliss-reactive ketones (excluding diaryl/α,β-unsaturated/α-hetero) is 1. The highest BCUT2D eigenvalue weighted by Gasteiger charge is 2.50. The second kappa shape index (κ2) is 5.45. The highest BCUT2D eigenvalue weighted by Crippen LogP contribution is 2.08. The normalized spacial score (nSPS) is 10.7. The van der Waals surface area contributed by atoms with Gasteiger partial charge in [-0.3, -0.25) is 4.79 Å². The van der Waals surface area contributed by atoms with Gasteiger partial charge in [0, 0.05) is 0 Å². The molecule has 0 aliphatic carbocycles. The summed E-state index contributed by atoms with van der Waals surface area (Å²) in [6, 6.07) is 0. The summed E-state index contributed by atoms with van der Waals surface area (Å²) >= 11 is 0. The first-order chi connectivity index (χ1) is 6.91. The zero-order chi connectivity index (χ0) is 12.1. The molecule has 0 aromatic rings. The summed E-state index contributed by atoms with van der Waals surface area (Å²) in [5.41, 5.74) is 3.06. The Kier molecular flexibility index (Phi) is 4.93. The van der Waals surface area contributed by atoms with Gasteiger partial charge in [-0.05, 0) is 20.8 Å². The molecule has 6 heteroatoms. The fourth-order valence-corrected chi connectivity index (χ4v) is 0.861. The Morgan fingerprint density at radius 1 is 1.07 bits per heavy atom. The minimum Gasteiger partial charge on any atom is -0.464 e. The fraction of sp³-hybridized carbons (Fsp3) is 0.667. The van der Waals surface area contributed by atoms with Gasteiger partial charge >= 0.3 is 11.9 Å². The predicted octanol–water partition coefficient (Wildman–Crippen LogP) is -0.601. The standard InChI is InChI=1S/C9H15NO5/c1-4-14-7(12)9(10,6(3)11)8(13)15-5-2/h4-5,10H2,1-3H3.